The van der Waals surface area contributed by atoms with Crippen LogP contribution in [0.3, 0.4) is 0 Å². The largest absolute Gasteiger partial charge is 0.320 e. The van der Waals surface area contributed by atoms with Crippen molar-refractivity contribution in [1.82, 2.24) is 9.78 Å². The molecule has 3 aromatic rings. The molecule has 0 bridgehead atoms. The van der Waals surface area contributed by atoms with Crippen molar-refractivity contribution in [3.8, 4) is 0 Å². The summed E-state index contributed by atoms with van der Waals surface area (Å²) in [6, 6.07) is 13.5. The molecule has 27 heavy (non-hydrogen) atoms. The molecule has 0 aliphatic carbocycles. The van der Waals surface area contributed by atoms with Crippen molar-refractivity contribution in [1.29, 1.82) is 0 Å². The Kier molecular flexibility index (Phi) is 5.02. The zero-order valence-electron chi connectivity index (χ0n) is 13.8. The van der Waals surface area contributed by atoms with E-state index in [1.54, 1.807) is 6.07 Å². The maximum atomic E-state index is 13.3. The molecule has 0 spiro atoms. The third-order valence-corrected chi connectivity index (χ3v) is 3.64. The lowest BCUT2D eigenvalue weighted by molar-refractivity contribution is -0.384. The normalized spacial score (nSPS) is 10.4. The SMILES string of the molecule is O=C(Nc1cccc([N+](=O)[O-])c1)c1ccc(=O)n(Cc2cccc(F)c2)n1. The number of hydrogen-bond acceptors (Lipinski definition) is 5. The van der Waals surface area contributed by atoms with Crippen LogP contribution in [-0.2, 0) is 6.54 Å². The average molecular weight is 368 g/mol. The van der Waals surface area contributed by atoms with Crippen molar-refractivity contribution in [2.45, 2.75) is 6.54 Å². The molecule has 3 rings (SSSR count). The number of aromatic nitrogens is 2. The number of halogens is 1. The molecule has 136 valence electrons. The van der Waals surface area contributed by atoms with Crippen LogP contribution >= 0.6 is 0 Å². The van der Waals surface area contributed by atoms with Gasteiger partial charge in [0.1, 0.15) is 11.5 Å². The summed E-state index contributed by atoms with van der Waals surface area (Å²) in [5.41, 5.74) is 0.0558. The highest BCUT2D eigenvalue weighted by Gasteiger charge is 2.13. The molecule has 9 heteroatoms. The minimum absolute atomic E-state index is 0.00543. The van der Waals surface area contributed by atoms with Gasteiger partial charge in [0.25, 0.3) is 17.2 Å². The van der Waals surface area contributed by atoms with Gasteiger partial charge in [-0.25, -0.2) is 9.07 Å². The number of carbonyl (C=O) groups excluding carboxylic acids is 1. The molecule has 0 unspecified atom stereocenters. The van der Waals surface area contributed by atoms with Crippen LogP contribution in [0.1, 0.15) is 16.1 Å². The van der Waals surface area contributed by atoms with E-state index >= 15 is 0 Å². The Morgan fingerprint density at radius 1 is 1.15 bits per heavy atom. The molecule has 0 atom stereocenters. The van der Waals surface area contributed by atoms with E-state index in [9.17, 15) is 24.1 Å². The number of hydrogen-bond donors (Lipinski definition) is 1. The van der Waals surface area contributed by atoms with Crippen molar-refractivity contribution >= 4 is 17.3 Å². The second-order valence-corrected chi connectivity index (χ2v) is 5.61. The van der Waals surface area contributed by atoms with E-state index in [2.05, 4.69) is 10.4 Å². The monoisotopic (exact) mass is 368 g/mol. The Morgan fingerprint density at radius 3 is 2.67 bits per heavy atom. The number of nitro groups is 1. The van der Waals surface area contributed by atoms with Gasteiger partial charge in [-0.05, 0) is 29.8 Å². The van der Waals surface area contributed by atoms with E-state index in [4.69, 9.17) is 0 Å². The number of carbonyl (C=O) groups is 1. The van der Waals surface area contributed by atoms with E-state index in [0.29, 0.717) is 5.56 Å². The zero-order valence-corrected chi connectivity index (χ0v) is 13.8. The summed E-state index contributed by atoms with van der Waals surface area (Å²) >= 11 is 0. The first-order valence-electron chi connectivity index (χ1n) is 7.81. The summed E-state index contributed by atoms with van der Waals surface area (Å²) in [4.78, 5) is 34.5. The summed E-state index contributed by atoms with van der Waals surface area (Å²) in [5, 5.41) is 17.3. The quantitative estimate of drug-likeness (QED) is 0.550. The first-order chi connectivity index (χ1) is 12.9. The minimum atomic E-state index is -0.636. The predicted octanol–water partition coefficient (Wildman–Crippen LogP) is 2.59. The van der Waals surface area contributed by atoms with Gasteiger partial charge in [0, 0.05) is 23.9 Å². The Morgan fingerprint density at radius 2 is 1.93 bits per heavy atom. The molecule has 8 nitrogen and oxygen atoms in total. The maximum Gasteiger partial charge on any atom is 0.276 e. The van der Waals surface area contributed by atoms with Crippen LogP contribution in [0.5, 0.6) is 0 Å². The van der Waals surface area contributed by atoms with Gasteiger partial charge in [-0.2, -0.15) is 5.10 Å². The number of non-ortho nitro benzene ring substituents is 1. The molecule has 0 saturated carbocycles. The summed E-state index contributed by atoms with van der Waals surface area (Å²) < 4.78 is 14.3. The van der Waals surface area contributed by atoms with Crippen LogP contribution in [0.15, 0.2) is 65.5 Å². The van der Waals surface area contributed by atoms with Crippen LogP contribution in [0.25, 0.3) is 0 Å². The Bertz CT molecular complexity index is 1080. The molecule has 1 aromatic heterocycles. The van der Waals surface area contributed by atoms with Crippen LogP contribution in [0, 0.1) is 15.9 Å². The molecule has 0 aliphatic rings. The highest BCUT2D eigenvalue weighted by molar-refractivity contribution is 6.02. The number of nitrogens with one attached hydrogen (secondary N) is 1. The van der Waals surface area contributed by atoms with E-state index in [0.717, 1.165) is 4.68 Å². The molecule has 0 radical (unpaired) electrons. The standard InChI is InChI=1S/C18H13FN4O4/c19-13-4-1-3-12(9-13)11-22-17(24)8-7-16(21-22)18(25)20-14-5-2-6-15(10-14)23(26)27/h1-10H,11H2,(H,20,25). The first kappa shape index (κ1) is 17.9. The van der Waals surface area contributed by atoms with Crippen LogP contribution in [0.2, 0.25) is 0 Å². The molecular weight excluding hydrogens is 355 g/mol. The van der Waals surface area contributed by atoms with Crippen molar-refractivity contribution in [3.63, 3.8) is 0 Å². The van der Waals surface area contributed by atoms with E-state index in [-0.39, 0.29) is 23.6 Å². The predicted molar refractivity (Wildman–Crippen MR) is 95.0 cm³/mol. The number of amides is 1. The van der Waals surface area contributed by atoms with Crippen LogP contribution in [-0.4, -0.2) is 20.6 Å². The van der Waals surface area contributed by atoms with Gasteiger partial charge in [0.05, 0.1) is 11.5 Å². The van der Waals surface area contributed by atoms with Gasteiger partial charge in [-0.1, -0.05) is 18.2 Å². The Balaban J connectivity index is 1.82. The summed E-state index contributed by atoms with van der Waals surface area (Å²) in [6.07, 6.45) is 0. The highest BCUT2D eigenvalue weighted by atomic mass is 19.1. The van der Waals surface area contributed by atoms with Gasteiger partial charge in [0.15, 0.2) is 0 Å². The summed E-state index contributed by atoms with van der Waals surface area (Å²) in [7, 11) is 0. The third kappa shape index (κ3) is 4.40. The van der Waals surface area contributed by atoms with E-state index in [1.807, 2.05) is 0 Å². The highest BCUT2D eigenvalue weighted by Crippen LogP contribution is 2.17. The fourth-order valence-electron chi connectivity index (χ4n) is 2.38. The first-order valence-corrected chi connectivity index (χ1v) is 7.81. The van der Waals surface area contributed by atoms with Crippen molar-refractivity contribution in [2.24, 2.45) is 0 Å². The fourth-order valence-corrected chi connectivity index (χ4v) is 2.38. The molecule has 2 aromatic carbocycles. The fraction of sp³-hybridized carbons (Fsp3) is 0.0556. The topological polar surface area (TPSA) is 107 Å². The number of rotatable bonds is 5. The number of nitrogens with zero attached hydrogens (tertiary/aromatic N) is 3. The molecule has 1 N–H and O–H groups in total. The lowest BCUT2D eigenvalue weighted by Crippen LogP contribution is -2.26. The van der Waals surface area contributed by atoms with Crippen molar-refractivity contribution < 1.29 is 14.1 Å². The minimum Gasteiger partial charge on any atom is -0.320 e. The summed E-state index contributed by atoms with van der Waals surface area (Å²) in [6.45, 7) is -0.00543. The molecule has 1 amide bonds. The van der Waals surface area contributed by atoms with Gasteiger partial charge in [0.2, 0.25) is 0 Å². The Hall–Kier alpha value is -3.88. The van der Waals surface area contributed by atoms with Crippen molar-refractivity contribution in [2.75, 3.05) is 5.32 Å². The third-order valence-electron chi connectivity index (χ3n) is 3.64. The maximum absolute atomic E-state index is 13.3. The molecule has 0 aliphatic heterocycles. The van der Waals surface area contributed by atoms with Gasteiger partial charge >= 0.3 is 0 Å². The second-order valence-electron chi connectivity index (χ2n) is 5.61. The molecule has 0 saturated heterocycles. The van der Waals surface area contributed by atoms with E-state index < -0.39 is 22.2 Å². The van der Waals surface area contributed by atoms with Crippen LogP contribution < -0.4 is 10.9 Å². The summed E-state index contributed by atoms with van der Waals surface area (Å²) in [5.74, 6) is -1.08. The van der Waals surface area contributed by atoms with Gasteiger partial charge in [-0.15, -0.1) is 0 Å². The van der Waals surface area contributed by atoms with Crippen LogP contribution in [0.4, 0.5) is 15.8 Å². The number of benzene rings is 2. The number of anilines is 1. The second kappa shape index (κ2) is 7.56. The molecule has 1 heterocycles. The smallest absolute Gasteiger partial charge is 0.276 e. The average Bonchev–Trinajstić information content (AvgIpc) is 2.63. The lowest BCUT2D eigenvalue weighted by Gasteiger charge is -2.08. The number of nitro benzene ring substituents is 1. The lowest BCUT2D eigenvalue weighted by atomic mass is 10.2. The Labute approximate surface area is 152 Å². The zero-order chi connectivity index (χ0) is 19.4. The van der Waals surface area contributed by atoms with Gasteiger partial charge < -0.3 is 5.32 Å². The molecular formula is C18H13FN4O4. The van der Waals surface area contributed by atoms with Gasteiger partial charge in [-0.3, -0.25) is 19.7 Å². The van der Waals surface area contributed by atoms with E-state index in [1.165, 1.54) is 54.6 Å². The molecule has 0 fully saturated rings. The van der Waals surface area contributed by atoms with Crippen molar-refractivity contribution in [3.05, 3.63) is 98.2 Å².